The Bertz CT molecular complexity index is 569. The number of carbonyl (C=O) groups excluding carboxylic acids is 1. The summed E-state index contributed by atoms with van der Waals surface area (Å²) in [5, 5.41) is 11.6. The van der Waals surface area contributed by atoms with E-state index in [0.29, 0.717) is 24.3 Å². The summed E-state index contributed by atoms with van der Waals surface area (Å²) in [6.45, 7) is 4.38. The van der Waals surface area contributed by atoms with Crippen molar-refractivity contribution in [2.75, 3.05) is 19.4 Å². The molecule has 1 rings (SSSR count). The van der Waals surface area contributed by atoms with Crippen molar-refractivity contribution in [3.05, 3.63) is 21.4 Å². The molecule has 0 saturated heterocycles. The molecule has 0 saturated carbocycles. The number of amides is 1. The first-order valence-electron chi connectivity index (χ1n) is 6.76. The third kappa shape index (κ3) is 6.00. The molecule has 0 aromatic carbocycles. The molecular formula is C15H21NO3S2. The number of nitrogens with one attached hydrogen (secondary N) is 1. The van der Waals surface area contributed by atoms with Gasteiger partial charge in [0.1, 0.15) is 0 Å². The van der Waals surface area contributed by atoms with Gasteiger partial charge in [-0.3, -0.25) is 9.00 Å². The van der Waals surface area contributed by atoms with E-state index in [2.05, 4.69) is 17.2 Å². The van der Waals surface area contributed by atoms with Gasteiger partial charge in [-0.05, 0) is 25.0 Å². The van der Waals surface area contributed by atoms with Crippen molar-refractivity contribution in [2.45, 2.75) is 31.9 Å². The van der Waals surface area contributed by atoms with Gasteiger partial charge in [0, 0.05) is 35.3 Å². The summed E-state index contributed by atoms with van der Waals surface area (Å²) < 4.78 is 11.2. The number of hydrogen-bond donors (Lipinski definition) is 2. The number of aryl methyl sites for hydroxylation is 1. The Balaban J connectivity index is 2.58. The van der Waals surface area contributed by atoms with Gasteiger partial charge in [-0.25, -0.2) is 0 Å². The summed E-state index contributed by atoms with van der Waals surface area (Å²) in [6, 6.07) is 1.82. The van der Waals surface area contributed by atoms with Crippen LogP contribution in [0.4, 0.5) is 0 Å². The molecule has 0 spiro atoms. The molecule has 116 valence electrons. The van der Waals surface area contributed by atoms with Gasteiger partial charge >= 0.3 is 0 Å². The van der Waals surface area contributed by atoms with E-state index in [0.717, 1.165) is 10.4 Å². The lowest BCUT2D eigenvalue weighted by atomic mass is 10.2. The molecule has 0 fully saturated rings. The monoisotopic (exact) mass is 327 g/mol. The van der Waals surface area contributed by atoms with Crippen molar-refractivity contribution < 1.29 is 14.1 Å². The van der Waals surface area contributed by atoms with Gasteiger partial charge in [-0.2, -0.15) is 0 Å². The predicted octanol–water partition coefficient (Wildman–Crippen LogP) is 1.68. The lowest BCUT2D eigenvalue weighted by molar-refractivity contribution is 0.0957. The minimum absolute atomic E-state index is 0.0434. The Morgan fingerprint density at radius 1 is 1.57 bits per heavy atom. The molecule has 0 aliphatic rings. The van der Waals surface area contributed by atoms with E-state index in [9.17, 15) is 9.00 Å². The van der Waals surface area contributed by atoms with Crippen LogP contribution in [0.2, 0.25) is 0 Å². The molecule has 0 aliphatic carbocycles. The summed E-state index contributed by atoms with van der Waals surface area (Å²) in [6.07, 6.45) is 2.81. The molecular weight excluding hydrogens is 306 g/mol. The van der Waals surface area contributed by atoms with E-state index in [1.54, 1.807) is 6.26 Å². The lowest BCUT2D eigenvalue weighted by Gasteiger charge is -2.08. The average molecular weight is 327 g/mol. The van der Waals surface area contributed by atoms with E-state index < -0.39 is 10.8 Å². The largest absolute Gasteiger partial charge is 0.395 e. The predicted molar refractivity (Wildman–Crippen MR) is 88.1 cm³/mol. The van der Waals surface area contributed by atoms with Crippen molar-refractivity contribution in [1.82, 2.24) is 5.32 Å². The molecule has 1 amide bonds. The minimum atomic E-state index is -0.861. The molecule has 2 N–H and O–H groups in total. The van der Waals surface area contributed by atoms with Crippen molar-refractivity contribution in [3.8, 4) is 11.8 Å². The second kappa shape index (κ2) is 8.98. The van der Waals surface area contributed by atoms with Gasteiger partial charge in [0.2, 0.25) is 0 Å². The first kappa shape index (κ1) is 17.9. The number of hydrogen-bond acceptors (Lipinski definition) is 4. The minimum Gasteiger partial charge on any atom is -0.395 e. The van der Waals surface area contributed by atoms with E-state index in [-0.39, 0.29) is 17.8 Å². The van der Waals surface area contributed by atoms with Gasteiger partial charge in [0.25, 0.3) is 5.91 Å². The molecule has 0 bridgehead atoms. The van der Waals surface area contributed by atoms with Crippen LogP contribution in [0.3, 0.4) is 0 Å². The molecule has 1 aromatic heterocycles. The van der Waals surface area contributed by atoms with Crippen molar-refractivity contribution in [3.63, 3.8) is 0 Å². The Labute approximate surface area is 132 Å². The van der Waals surface area contributed by atoms with Gasteiger partial charge in [-0.1, -0.05) is 18.8 Å². The summed E-state index contributed by atoms with van der Waals surface area (Å²) in [5.74, 6) is 5.71. The molecule has 2 atom stereocenters. The highest BCUT2D eigenvalue weighted by Crippen LogP contribution is 2.20. The molecule has 2 unspecified atom stereocenters. The highest BCUT2D eigenvalue weighted by molar-refractivity contribution is 7.84. The Morgan fingerprint density at radius 3 is 2.90 bits per heavy atom. The Hall–Kier alpha value is -1.16. The van der Waals surface area contributed by atoms with Crippen LogP contribution in [0.15, 0.2) is 6.07 Å². The zero-order chi connectivity index (χ0) is 15.8. The zero-order valence-electron chi connectivity index (χ0n) is 12.6. The molecule has 0 radical (unpaired) electrons. The molecule has 6 heteroatoms. The van der Waals surface area contributed by atoms with E-state index in [4.69, 9.17) is 5.11 Å². The number of carbonyl (C=O) groups is 1. The SMILES string of the molecule is Cc1cc(C(=O)NCCC(C)S(C)=O)sc1C#CCCO. The second-order valence-electron chi connectivity index (χ2n) is 4.75. The standard InChI is InChI=1S/C15H21NO3S2/c1-11-10-14(20-13(11)6-4-5-9-17)15(18)16-8-7-12(2)21(3)19/h10,12,17H,5,7-9H2,1-3H3,(H,16,18). The van der Waals surface area contributed by atoms with Gasteiger partial charge in [0.15, 0.2) is 0 Å². The summed E-state index contributed by atoms with van der Waals surface area (Å²) >= 11 is 1.36. The second-order valence-corrected chi connectivity index (χ2v) is 7.61. The van der Waals surface area contributed by atoms with Gasteiger partial charge in [0.05, 0.1) is 16.4 Å². The third-order valence-electron chi connectivity index (χ3n) is 2.98. The third-order valence-corrected chi connectivity index (χ3v) is 5.50. The topological polar surface area (TPSA) is 66.4 Å². The van der Waals surface area contributed by atoms with Crippen molar-refractivity contribution in [1.29, 1.82) is 0 Å². The highest BCUT2D eigenvalue weighted by atomic mass is 32.2. The van der Waals surface area contributed by atoms with Crippen LogP contribution >= 0.6 is 11.3 Å². The maximum atomic E-state index is 12.0. The fraction of sp³-hybridized carbons (Fsp3) is 0.533. The molecule has 1 heterocycles. The maximum Gasteiger partial charge on any atom is 0.261 e. The fourth-order valence-corrected chi connectivity index (χ4v) is 2.97. The van der Waals surface area contributed by atoms with Crippen molar-refractivity contribution in [2.24, 2.45) is 0 Å². The zero-order valence-corrected chi connectivity index (χ0v) is 14.2. The Kier molecular flexibility index (Phi) is 7.65. The summed E-state index contributed by atoms with van der Waals surface area (Å²) in [4.78, 5) is 13.5. The van der Waals surface area contributed by atoms with Gasteiger partial charge < -0.3 is 10.4 Å². The lowest BCUT2D eigenvalue weighted by Crippen LogP contribution is -2.26. The summed E-state index contributed by atoms with van der Waals surface area (Å²) in [7, 11) is -0.861. The van der Waals surface area contributed by atoms with Crippen LogP contribution in [0, 0.1) is 18.8 Å². The van der Waals surface area contributed by atoms with Gasteiger partial charge in [-0.15, -0.1) is 11.3 Å². The van der Waals surface area contributed by atoms with Crippen LogP contribution < -0.4 is 5.32 Å². The van der Waals surface area contributed by atoms with E-state index >= 15 is 0 Å². The highest BCUT2D eigenvalue weighted by Gasteiger charge is 2.12. The average Bonchev–Trinajstić information content (AvgIpc) is 2.80. The van der Waals surface area contributed by atoms with Crippen LogP contribution in [-0.2, 0) is 10.8 Å². The van der Waals surface area contributed by atoms with Crippen LogP contribution in [0.25, 0.3) is 0 Å². The molecule has 1 aromatic rings. The first-order valence-corrected chi connectivity index (χ1v) is 9.20. The number of aliphatic hydroxyl groups excluding tert-OH is 1. The maximum absolute atomic E-state index is 12.0. The first-order chi connectivity index (χ1) is 9.95. The van der Waals surface area contributed by atoms with Crippen molar-refractivity contribution >= 4 is 28.0 Å². The number of thiophene rings is 1. The Morgan fingerprint density at radius 2 is 2.29 bits per heavy atom. The van der Waals surface area contributed by atoms with Crippen LogP contribution in [0.5, 0.6) is 0 Å². The number of aliphatic hydroxyl groups is 1. The van der Waals surface area contributed by atoms with Crippen LogP contribution in [0.1, 0.15) is 39.9 Å². The van der Waals surface area contributed by atoms with E-state index in [1.807, 2.05) is 19.9 Å². The molecule has 0 aliphatic heterocycles. The number of rotatable bonds is 6. The smallest absolute Gasteiger partial charge is 0.261 e. The molecule has 4 nitrogen and oxygen atoms in total. The molecule has 21 heavy (non-hydrogen) atoms. The quantitative estimate of drug-likeness (QED) is 0.781. The fourth-order valence-electron chi connectivity index (χ4n) is 1.56. The summed E-state index contributed by atoms with van der Waals surface area (Å²) in [5.41, 5.74) is 0.971. The van der Waals surface area contributed by atoms with Crippen LogP contribution in [-0.4, -0.2) is 39.9 Å². The normalized spacial score (nSPS) is 13.1. The van der Waals surface area contributed by atoms with E-state index in [1.165, 1.54) is 11.3 Å².